The molecule has 0 unspecified atom stereocenters. The highest BCUT2D eigenvalue weighted by Gasteiger charge is 1.87. The van der Waals surface area contributed by atoms with Crippen LogP contribution in [0.5, 0.6) is 0 Å². The van der Waals surface area contributed by atoms with Crippen LogP contribution in [-0.4, -0.2) is 6.09 Å². The molecule has 0 bridgehead atoms. The lowest BCUT2D eigenvalue weighted by molar-refractivity contribution is 0.196. The first-order chi connectivity index (χ1) is 6.29. The minimum absolute atomic E-state index is 0.730. The van der Waals surface area contributed by atoms with Crippen LogP contribution in [0.2, 0.25) is 0 Å². The van der Waals surface area contributed by atoms with Gasteiger partial charge in [-0.25, -0.2) is 4.79 Å². The second-order valence-electron chi connectivity index (χ2n) is 2.50. The highest BCUT2D eigenvalue weighted by atomic mass is 16.5. The van der Waals surface area contributed by atoms with Crippen LogP contribution in [0, 0.1) is 0 Å². The van der Waals surface area contributed by atoms with E-state index in [-0.39, 0.29) is 0 Å². The van der Waals surface area contributed by atoms with Gasteiger partial charge in [-0.1, -0.05) is 30.3 Å². The van der Waals surface area contributed by atoms with E-state index in [0.717, 1.165) is 12.0 Å². The van der Waals surface area contributed by atoms with Crippen molar-refractivity contribution >= 4 is 6.09 Å². The fourth-order valence-electron chi connectivity index (χ4n) is 0.913. The van der Waals surface area contributed by atoms with E-state index in [1.54, 1.807) is 6.08 Å². The Labute approximate surface area is 76.8 Å². The summed E-state index contributed by atoms with van der Waals surface area (Å²) in [6.07, 6.45) is 2.98. The van der Waals surface area contributed by atoms with Crippen LogP contribution in [0.1, 0.15) is 5.56 Å². The Hall–Kier alpha value is -1.77. The molecule has 1 rings (SSSR count). The summed E-state index contributed by atoms with van der Waals surface area (Å²) >= 11 is 0. The van der Waals surface area contributed by atoms with Crippen molar-refractivity contribution in [2.24, 2.45) is 5.73 Å². The summed E-state index contributed by atoms with van der Waals surface area (Å²) in [6, 6.07) is 9.85. The van der Waals surface area contributed by atoms with Gasteiger partial charge in [-0.2, -0.15) is 0 Å². The first-order valence-electron chi connectivity index (χ1n) is 3.94. The molecule has 1 amide bonds. The molecule has 0 heterocycles. The third-order valence-electron chi connectivity index (χ3n) is 1.48. The Morgan fingerprint density at radius 2 is 2.08 bits per heavy atom. The van der Waals surface area contributed by atoms with E-state index in [0.29, 0.717) is 0 Å². The van der Waals surface area contributed by atoms with Gasteiger partial charge in [0.05, 0.1) is 6.26 Å². The van der Waals surface area contributed by atoms with Gasteiger partial charge in [-0.05, 0) is 18.1 Å². The predicted octanol–water partition coefficient (Wildman–Crippen LogP) is 1.84. The lowest BCUT2D eigenvalue weighted by Crippen LogP contribution is -2.08. The summed E-state index contributed by atoms with van der Waals surface area (Å²) in [5, 5.41) is 0. The highest BCUT2D eigenvalue weighted by Crippen LogP contribution is 1.99. The Morgan fingerprint density at radius 3 is 2.69 bits per heavy atom. The molecule has 0 aliphatic rings. The second kappa shape index (κ2) is 4.98. The molecular weight excluding hydrogens is 166 g/mol. The van der Waals surface area contributed by atoms with E-state index in [9.17, 15) is 4.79 Å². The number of hydrogen-bond donors (Lipinski definition) is 1. The fraction of sp³-hybridized carbons (Fsp3) is 0.100. The molecule has 3 heteroatoms. The summed E-state index contributed by atoms with van der Waals surface area (Å²) in [4.78, 5) is 10.2. The molecule has 0 fully saturated rings. The molecular formula is C10H11NO2. The van der Waals surface area contributed by atoms with Gasteiger partial charge < -0.3 is 10.5 Å². The number of amides is 1. The molecule has 0 aromatic heterocycles. The molecule has 0 aliphatic carbocycles. The number of ether oxygens (including phenoxy) is 1. The van der Waals surface area contributed by atoms with Gasteiger partial charge in [-0.3, -0.25) is 0 Å². The Kier molecular flexibility index (Phi) is 3.57. The van der Waals surface area contributed by atoms with Crippen LogP contribution >= 0.6 is 0 Å². The van der Waals surface area contributed by atoms with Crippen molar-refractivity contribution in [2.45, 2.75) is 6.42 Å². The average Bonchev–Trinajstić information content (AvgIpc) is 2.14. The number of benzene rings is 1. The van der Waals surface area contributed by atoms with Gasteiger partial charge in [0, 0.05) is 0 Å². The summed E-state index contributed by atoms with van der Waals surface area (Å²) < 4.78 is 4.42. The van der Waals surface area contributed by atoms with Crippen LogP contribution in [0.4, 0.5) is 4.79 Å². The van der Waals surface area contributed by atoms with Crippen molar-refractivity contribution in [2.75, 3.05) is 0 Å². The van der Waals surface area contributed by atoms with Gasteiger partial charge in [0.25, 0.3) is 0 Å². The monoisotopic (exact) mass is 177 g/mol. The third-order valence-corrected chi connectivity index (χ3v) is 1.48. The largest absolute Gasteiger partial charge is 0.419 e. The Balaban J connectivity index is 2.35. The number of carbonyl (C=O) groups excluding carboxylic acids is 1. The van der Waals surface area contributed by atoms with Gasteiger partial charge in [0.15, 0.2) is 0 Å². The van der Waals surface area contributed by atoms with Crippen molar-refractivity contribution in [3.8, 4) is 0 Å². The maximum absolute atomic E-state index is 10.2. The standard InChI is InChI=1S/C10H11NO2/c11-10(12)13-8-4-7-9-5-2-1-3-6-9/h1-6,8H,7H2,(H2,11,12). The molecule has 0 saturated heterocycles. The van der Waals surface area contributed by atoms with Crippen LogP contribution < -0.4 is 5.73 Å². The van der Waals surface area contributed by atoms with Crippen LogP contribution in [-0.2, 0) is 11.2 Å². The van der Waals surface area contributed by atoms with Gasteiger partial charge in [-0.15, -0.1) is 0 Å². The minimum Gasteiger partial charge on any atom is -0.419 e. The minimum atomic E-state index is -0.788. The quantitative estimate of drug-likeness (QED) is 0.716. The van der Waals surface area contributed by atoms with E-state index in [1.165, 1.54) is 6.26 Å². The summed E-state index contributed by atoms with van der Waals surface area (Å²) in [5.41, 5.74) is 5.92. The number of allylic oxidation sites excluding steroid dienone is 1. The van der Waals surface area contributed by atoms with Crippen LogP contribution in [0.15, 0.2) is 42.7 Å². The van der Waals surface area contributed by atoms with E-state index < -0.39 is 6.09 Å². The molecule has 1 aromatic rings. The van der Waals surface area contributed by atoms with Crippen LogP contribution in [0.25, 0.3) is 0 Å². The number of hydrogen-bond acceptors (Lipinski definition) is 2. The maximum Gasteiger partial charge on any atom is 0.409 e. The van der Waals surface area contributed by atoms with Crippen LogP contribution in [0.3, 0.4) is 0 Å². The number of nitrogens with two attached hydrogens (primary N) is 1. The fourth-order valence-corrected chi connectivity index (χ4v) is 0.913. The molecule has 68 valence electrons. The molecule has 0 aliphatic heterocycles. The smallest absolute Gasteiger partial charge is 0.409 e. The summed E-state index contributed by atoms with van der Waals surface area (Å²) in [7, 11) is 0. The molecule has 0 saturated carbocycles. The molecule has 0 spiro atoms. The van der Waals surface area contributed by atoms with Crippen molar-refractivity contribution in [1.82, 2.24) is 0 Å². The van der Waals surface area contributed by atoms with Crippen molar-refractivity contribution in [1.29, 1.82) is 0 Å². The summed E-state index contributed by atoms with van der Waals surface area (Å²) in [5.74, 6) is 0. The highest BCUT2D eigenvalue weighted by molar-refractivity contribution is 5.65. The number of primary amides is 1. The van der Waals surface area contributed by atoms with E-state index >= 15 is 0 Å². The van der Waals surface area contributed by atoms with Gasteiger partial charge in [0.1, 0.15) is 0 Å². The first-order valence-corrected chi connectivity index (χ1v) is 3.94. The number of rotatable bonds is 3. The number of carbonyl (C=O) groups is 1. The molecule has 2 N–H and O–H groups in total. The average molecular weight is 177 g/mol. The summed E-state index contributed by atoms with van der Waals surface area (Å²) in [6.45, 7) is 0. The van der Waals surface area contributed by atoms with Crippen molar-refractivity contribution in [3.05, 3.63) is 48.2 Å². The zero-order chi connectivity index (χ0) is 9.52. The van der Waals surface area contributed by atoms with E-state index in [4.69, 9.17) is 5.73 Å². The molecule has 1 aromatic carbocycles. The molecule has 0 atom stereocenters. The maximum atomic E-state index is 10.2. The third kappa shape index (κ3) is 3.96. The second-order valence-corrected chi connectivity index (χ2v) is 2.50. The Morgan fingerprint density at radius 1 is 1.38 bits per heavy atom. The van der Waals surface area contributed by atoms with Crippen molar-refractivity contribution in [3.63, 3.8) is 0 Å². The molecule has 13 heavy (non-hydrogen) atoms. The van der Waals surface area contributed by atoms with E-state index in [1.807, 2.05) is 30.3 Å². The predicted molar refractivity (Wildman–Crippen MR) is 50.0 cm³/mol. The normalized spacial score (nSPS) is 10.2. The topological polar surface area (TPSA) is 52.3 Å². The van der Waals surface area contributed by atoms with Gasteiger partial charge in [0.2, 0.25) is 0 Å². The lowest BCUT2D eigenvalue weighted by atomic mass is 10.2. The zero-order valence-electron chi connectivity index (χ0n) is 7.14. The van der Waals surface area contributed by atoms with Gasteiger partial charge >= 0.3 is 6.09 Å². The molecule has 0 radical (unpaired) electrons. The Bertz CT molecular complexity index is 293. The van der Waals surface area contributed by atoms with Crippen molar-refractivity contribution < 1.29 is 9.53 Å². The first kappa shape index (κ1) is 9.32. The lowest BCUT2D eigenvalue weighted by Gasteiger charge is -1.94. The SMILES string of the molecule is NC(=O)OC=CCc1ccccc1. The zero-order valence-corrected chi connectivity index (χ0v) is 7.14. The molecule has 3 nitrogen and oxygen atoms in total. The van der Waals surface area contributed by atoms with E-state index in [2.05, 4.69) is 4.74 Å².